The first kappa shape index (κ1) is 17.7. The Kier molecular flexibility index (Phi) is 5.36. The number of nitrogens with one attached hydrogen (secondary N) is 2. The van der Waals surface area contributed by atoms with E-state index in [9.17, 15) is 14.4 Å². The molecular weight excluding hydrogens is 334 g/mol. The summed E-state index contributed by atoms with van der Waals surface area (Å²) in [5.41, 5.74) is 0.775. The molecule has 7 nitrogen and oxygen atoms in total. The highest BCUT2D eigenvalue weighted by Gasteiger charge is 2.35. The number of carbonyl (C=O) groups is 3. The summed E-state index contributed by atoms with van der Waals surface area (Å²) >= 11 is 0. The molecule has 2 atom stereocenters. The Bertz CT molecular complexity index is 773. The van der Waals surface area contributed by atoms with Crippen molar-refractivity contribution in [3.8, 4) is 0 Å². The number of benzene rings is 1. The Morgan fingerprint density at radius 3 is 2.69 bits per heavy atom. The molecule has 26 heavy (non-hydrogen) atoms. The van der Waals surface area contributed by atoms with Gasteiger partial charge in [-0.15, -0.1) is 0 Å². The number of rotatable bonds is 6. The van der Waals surface area contributed by atoms with Crippen LogP contribution in [0, 0.1) is 5.92 Å². The van der Waals surface area contributed by atoms with Crippen LogP contribution in [0.25, 0.3) is 0 Å². The lowest BCUT2D eigenvalue weighted by Gasteiger charge is -2.18. The fourth-order valence-electron chi connectivity index (χ4n) is 2.88. The van der Waals surface area contributed by atoms with Crippen molar-refractivity contribution in [2.75, 3.05) is 11.4 Å². The lowest BCUT2D eigenvalue weighted by atomic mass is 10.1. The number of furan rings is 1. The van der Waals surface area contributed by atoms with Gasteiger partial charge in [0.1, 0.15) is 11.8 Å². The molecule has 1 unspecified atom stereocenters. The number of para-hydroxylation sites is 1. The van der Waals surface area contributed by atoms with E-state index in [4.69, 9.17) is 4.42 Å². The highest BCUT2D eigenvalue weighted by atomic mass is 16.3. The minimum absolute atomic E-state index is 0.0914. The van der Waals surface area contributed by atoms with Gasteiger partial charge in [0.05, 0.1) is 18.7 Å². The Morgan fingerprint density at radius 2 is 2.00 bits per heavy atom. The summed E-state index contributed by atoms with van der Waals surface area (Å²) in [6.45, 7) is 2.19. The van der Waals surface area contributed by atoms with Crippen molar-refractivity contribution in [3.63, 3.8) is 0 Å². The lowest BCUT2D eigenvalue weighted by molar-refractivity contribution is -0.131. The summed E-state index contributed by atoms with van der Waals surface area (Å²) in [4.78, 5) is 38.3. The second-order valence-electron chi connectivity index (χ2n) is 6.27. The van der Waals surface area contributed by atoms with Gasteiger partial charge in [0.25, 0.3) is 0 Å². The molecule has 0 spiro atoms. The SMILES string of the molecule is C[C@@H](NC(=O)C1CC(=O)N(c2ccccc2)C1)C(=O)NCc1ccco1. The van der Waals surface area contributed by atoms with Crippen LogP contribution in [0.15, 0.2) is 53.1 Å². The average Bonchev–Trinajstić information content (AvgIpc) is 3.30. The van der Waals surface area contributed by atoms with E-state index in [0.29, 0.717) is 12.3 Å². The maximum Gasteiger partial charge on any atom is 0.242 e. The smallest absolute Gasteiger partial charge is 0.242 e. The molecule has 3 rings (SSSR count). The summed E-state index contributed by atoms with van der Waals surface area (Å²) in [6.07, 6.45) is 1.67. The van der Waals surface area contributed by atoms with Gasteiger partial charge in [-0.25, -0.2) is 0 Å². The van der Waals surface area contributed by atoms with Gasteiger partial charge in [0.2, 0.25) is 17.7 Å². The van der Waals surface area contributed by atoms with Crippen LogP contribution in [0.4, 0.5) is 5.69 Å². The van der Waals surface area contributed by atoms with E-state index in [-0.39, 0.29) is 30.7 Å². The van der Waals surface area contributed by atoms with Crippen LogP contribution in [-0.4, -0.2) is 30.3 Å². The molecular formula is C19H21N3O4. The van der Waals surface area contributed by atoms with Crippen molar-refractivity contribution in [2.24, 2.45) is 5.92 Å². The van der Waals surface area contributed by atoms with Crippen molar-refractivity contribution in [3.05, 3.63) is 54.5 Å². The van der Waals surface area contributed by atoms with Gasteiger partial charge < -0.3 is 20.0 Å². The fraction of sp³-hybridized carbons (Fsp3) is 0.316. The molecule has 1 aromatic carbocycles. The van der Waals surface area contributed by atoms with Gasteiger partial charge in [0.15, 0.2) is 0 Å². The molecule has 2 heterocycles. The molecule has 1 aliphatic rings. The predicted molar refractivity (Wildman–Crippen MR) is 95.1 cm³/mol. The van der Waals surface area contributed by atoms with Crippen LogP contribution in [0.2, 0.25) is 0 Å². The molecule has 0 saturated carbocycles. The molecule has 3 amide bonds. The second kappa shape index (κ2) is 7.86. The van der Waals surface area contributed by atoms with E-state index >= 15 is 0 Å². The Morgan fingerprint density at radius 1 is 1.23 bits per heavy atom. The minimum Gasteiger partial charge on any atom is -0.467 e. The van der Waals surface area contributed by atoms with Crippen molar-refractivity contribution in [2.45, 2.75) is 25.9 Å². The van der Waals surface area contributed by atoms with E-state index in [2.05, 4.69) is 10.6 Å². The zero-order valence-corrected chi connectivity index (χ0v) is 14.5. The molecule has 7 heteroatoms. The number of anilines is 1. The number of nitrogens with zero attached hydrogens (tertiary/aromatic N) is 1. The standard InChI is InChI=1S/C19H21N3O4/c1-13(18(24)20-11-16-8-5-9-26-16)21-19(25)14-10-17(23)22(12-14)15-6-3-2-4-7-15/h2-9,13-14H,10-12H2,1H3,(H,20,24)(H,21,25)/t13-,14?/m1/s1. The average molecular weight is 355 g/mol. The maximum atomic E-state index is 12.4. The minimum atomic E-state index is -0.696. The van der Waals surface area contributed by atoms with Gasteiger partial charge in [-0.1, -0.05) is 18.2 Å². The van der Waals surface area contributed by atoms with E-state index in [1.165, 1.54) is 6.26 Å². The quantitative estimate of drug-likeness (QED) is 0.820. The number of hydrogen-bond acceptors (Lipinski definition) is 4. The first-order chi connectivity index (χ1) is 12.5. The van der Waals surface area contributed by atoms with Gasteiger partial charge in [-0.05, 0) is 31.2 Å². The fourth-order valence-corrected chi connectivity index (χ4v) is 2.88. The van der Waals surface area contributed by atoms with Crippen LogP contribution in [0.5, 0.6) is 0 Å². The zero-order valence-electron chi connectivity index (χ0n) is 14.5. The third kappa shape index (κ3) is 4.11. The Hall–Kier alpha value is -3.09. The van der Waals surface area contributed by atoms with E-state index < -0.39 is 12.0 Å². The molecule has 0 aliphatic carbocycles. The van der Waals surface area contributed by atoms with Gasteiger partial charge in [-0.2, -0.15) is 0 Å². The van der Waals surface area contributed by atoms with Crippen LogP contribution in [0.1, 0.15) is 19.1 Å². The molecule has 2 aromatic rings. The third-order valence-corrected chi connectivity index (χ3v) is 4.33. The molecule has 136 valence electrons. The summed E-state index contributed by atoms with van der Waals surface area (Å²) in [7, 11) is 0. The number of hydrogen-bond donors (Lipinski definition) is 2. The monoisotopic (exact) mass is 355 g/mol. The summed E-state index contributed by atoms with van der Waals surface area (Å²) < 4.78 is 5.15. The highest BCUT2D eigenvalue weighted by Crippen LogP contribution is 2.24. The van der Waals surface area contributed by atoms with E-state index in [0.717, 1.165) is 5.69 Å². The normalized spacial score (nSPS) is 17.8. The van der Waals surface area contributed by atoms with Crippen molar-refractivity contribution < 1.29 is 18.8 Å². The predicted octanol–water partition coefficient (Wildman–Crippen LogP) is 1.45. The van der Waals surface area contributed by atoms with Gasteiger partial charge in [-0.3, -0.25) is 14.4 Å². The first-order valence-corrected chi connectivity index (χ1v) is 8.50. The number of amides is 3. The van der Waals surface area contributed by atoms with Crippen molar-refractivity contribution in [1.82, 2.24) is 10.6 Å². The Balaban J connectivity index is 1.51. The molecule has 1 aliphatic heterocycles. The van der Waals surface area contributed by atoms with Crippen LogP contribution >= 0.6 is 0 Å². The van der Waals surface area contributed by atoms with Crippen LogP contribution in [0.3, 0.4) is 0 Å². The summed E-state index contributed by atoms with van der Waals surface area (Å²) in [6, 6.07) is 12.0. The molecule has 2 N–H and O–H groups in total. The summed E-state index contributed by atoms with van der Waals surface area (Å²) in [5.74, 6) is -0.525. The third-order valence-electron chi connectivity index (χ3n) is 4.33. The molecule has 1 fully saturated rings. The van der Waals surface area contributed by atoms with E-state index in [1.807, 2.05) is 30.3 Å². The zero-order chi connectivity index (χ0) is 18.5. The molecule has 0 bridgehead atoms. The molecule has 0 radical (unpaired) electrons. The van der Waals surface area contributed by atoms with Crippen molar-refractivity contribution in [1.29, 1.82) is 0 Å². The lowest BCUT2D eigenvalue weighted by Crippen LogP contribution is -2.46. The van der Waals surface area contributed by atoms with Gasteiger partial charge in [0, 0.05) is 18.7 Å². The van der Waals surface area contributed by atoms with E-state index in [1.54, 1.807) is 24.0 Å². The highest BCUT2D eigenvalue weighted by molar-refractivity contribution is 6.01. The second-order valence-corrected chi connectivity index (χ2v) is 6.27. The number of carbonyl (C=O) groups excluding carboxylic acids is 3. The molecule has 1 saturated heterocycles. The largest absolute Gasteiger partial charge is 0.467 e. The maximum absolute atomic E-state index is 12.4. The van der Waals surface area contributed by atoms with Crippen molar-refractivity contribution >= 4 is 23.4 Å². The summed E-state index contributed by atoms with van der Waals surface area (Å²) in [5, 5.41) is 5.38. The van der Waals surface area contributed by atoms with Gasteiger partial charge >= 0.3 is 0 Å². The van der Waals surface area contributed by atoms with Crippen LogP contribution < -0.4 is 15.5 Å². The Labute approximate surface area is 151 Å². The topological polar surface area (TPSA) is 91.7 Å². The first-order valence-electron chi connectivity index (χ1n) is 8.50. The van der Waals surface area contributed by atoms with Crippen LogP contribution in [-0.2, 0) is 20.9 Å². The molecule has 1 aromatic heterocycles.